The van der Waals surface area contributed by atoms with Crippen LogP contribution in [-0.4, -0.2) is 41.1 Å². The standard InChI is InChI=1S/C20H26N4O2S/c1-13-8-6-7-11-20(13)18(25)24(19(26)22-20)12-23(3)14(2)17-21-15-9-4-5-10-16(15)27-17/h4-5,9-10,13-14H,6-8,11-12H2,1-3H3,(H,22,26)/p+1/t13-,14+,20+/m1/s1. The molecule has 1 aromatic heterocycles. The van der Waals surface area contributed by atoms with Gasteiger partial charge in [-0.25, -0.2) is 14.7 Å². The van der Waals surface area contributed by atoms with Crippen LogP contribution in [-0.2, 0) is 4.79 Å². The first kappa shape index (κ1) is 18.4. The van der Waals surface area contributed by atoms with Gasteiger partial charge < -0.3 is 10.2 Å². The van der Waals surface area contributed by atoms with Crippen LogP contribution in [0.2, 0.25) is 0 Å². The fraction of sp³-hybridized carbons (Fsp3) is 0.550. The summed E-state index contributed by atoms with van der Waals surface area (Å²) in [6, 6.07) is 7.95. The molecule has 1 unspecified atom stereocenters. The molecular formula is C20H27N4O2S+. The van der Waals surface area contributed by atoms with Crippen molar-refractivity contribution in [1.82, 2.24) is 15.2 Å². The molecule has 2 aliphatic rings. The van der Waals surface area contributed by atoms with Gasteiger partial charge in [0.15, 0.2) is 11.7 Å². The zero-order valence-electron chi connectivity index (χ0n) is 16.1. The van der Waals surface area contributed by atoms with Crippen LogP contribution >= 0.6 is 11.3 Å². The topological polar surface area (TPSA) is 66.7 Å². The number of nitrogens with one attached hydrogen (secondary N) is 2. The van der Waals surface area contributed by atoms with E-state index in [2.05, 4.69) is 25.2 Å². The van der Waals surface area contributed by atoms with Crippen molar-refractivity contribution < 1.29 is 14.5 Å². The number of benzene rings is 1. The van der Waals surface area contributed by atoms with Crippen molar-refractivity contribution in [2.45, 2.75) is 51.1 Å². The number of amides is 3. The monoisotopic (exact) mass is 387 g/mol. The number of nitrogens with zero attached hydrogens (tertiary/aromatic N) is 2. The average Bonchev–Trinajstić information content (AvgIpc) is 3.19. The number of aromatic nitrogens is 1. The van der Waals surface area contributed by atoms with Crippen LogP contribution in [0, 0.1) is 5.92 Å². The maximum Gasteiger partial charge on any atom is 0.329 e. The van der Waals surface area contributed by atoms with E-state index in [1.165, 1.54) is 4.90 Å². The second-order valence-electron chi connectivity index (χ2n) is 8.03. The Morgan fingerprint density at radius 3 is 2.89 bits per heavy atom. The molecule has 1 aromatic carbocycles. The van der Waals surface area contributed by atoms with E-state index < -0.39 is 5.54 Å². The average molecular weight is 388 g/mol. The molecule has 3 amide bonds. The van der Waals surface area contributed by atoms with Gasteiger partial charge in [0.1, 0.15) is 11.6 Å². The van der Waals surface area contributed by atoms with Crippen molar-refractivity contribution in [2.75, 3.05) is 13.7 Å². The van der Waals surface area contributed by atoms with E-state index in [-0.39, 0.29) is 23.9 Å². The molecule has 4 rings (SSSR count). The molecule has 1 spiro atoms. The molecule has 2 fully saturated rings. The van der Waals surface area contributed by atoms with Gasteiger partial charge >= 0.3 is 6.03 Å². The van der Waals surface area contributed by atoms with Gasteiger partial charge in [0.05, 0.1) is 17.3 Å². The molecular weight excluding hydrogens is 360 g/mol. The first-order valence-corrected chi connectivity index (χ1v) is 10.6. The first-order chi connectivity index (χ1) is 12.9. The van der Waals surface area contributed by atoms with Crippen LogP contribution < -0.4 is 10.2 Å². The van der Waals surface area contributed by atoms with E-state index >= 15 is 0 Å². The maximum absolute atomic E-state index is 13.2. The van der Waals surface area contributed by atoms with E-state index in [1.54, 1.807) is 11.3 Å². The highest BCUT2D eigenvalue weighted by Crippen LogP contribution is 2.38. The Balaban J connectivity index is 1.51. The molecule has 0 bridgehead atoms. The number of quaternary nitrogens is 1. The minimum absolute atomic E-state index is 0.0458. The lowest BCUT2D eigenvalue weighted by Crippen LogP contribution is -3.10. The van der Waals surface area contributed by atoms with Crippen molar-refractivity contribution in [3.63, 3.8) is 0 Å². The molecule has 2 aromatic rings. The summed E-state index contributed by atoms with van der Waals surface area (Å²) in [5.41, 5.74) is 0.316. The predicted molar refractivity (Wildman–Crippen MR) is 106 cm³/mol. The molecule has 2 heterocycles. The number of carbonyl (C=O) groups is 2. The van der Waals surface area contributed by atoms with Crippen molar-refractivity contribution in [3.8, 4) is 0 Å². The maximum atomic E-state index is 13.2. The van der Waals surface area contributed by atoms with Crippen molar-refractivity contribution in [3.05, 3.63) is 29.3 Å². The summed E-state index contributed by atoms with van der Waals surface area (Å²) >= 11 is 1.68. The summed E-state index contributed by atoms with van der Waals surface area (Å²) < 4.78 is 1.16. The number of fused-ring (bicyclic) bond motifs is 1. The van der Waals surface area contributed by atoms with Gasteiger partial charge in [-0.3, -0.25) is 4.79 Å². The Morgan fingerprint density at radius 2 is 2.15 bits per heavy atom. The van der Waals surface area contributed by atoms with Crippen LogP contribution in [0.5, 0.6) is 0 Å². The third kappa shape index (κ3) is 3.02. The molecule has 1 saturated carbocycles. The van der Waals surface area contributed by atoms with Gasteiger partial charge in [0.2, 0.25) is 0 Å². The second kappa shape index (κ2) is 6.87. The zero-order chi connectivity index (χ0) is 19.2. The quantitative estimate of drug-likeness (QED) is 0.792. The normalized spacial score (nSPS) is 28.0. The fourth-order valence-corrected chi connectivity index (χ4v) is 5.42. The van der Waals surface area contributed by atoms with E-state index in [0.29, 0.717) is 6.67 Å². The lowest BCUT2D eigenvalue weighted by Gasteiger charge is -2.36. The number of hydrogen-bond donors (Lipinski definition) is 2. The number of imide groups is 1. The Kier molecular flexibility index (Phi) is 4.68. The first-order valence-electron chi connectivity index (χ1n) is 9.74. The lowest BCUT2D eigenvalue weighted by atomic mass is 9.73. The summed E-state index contributed by atoms with van der Waals surface area (Å²) in [5.74, 6) is 0.144. The van der Waals surface area contributed by atoms with E-state index in [1.807, 2.05) is 25.2 Å². The van der Waals surface area contributed by atoms with Gasteiger partial charge in [-0.05, 0) is 37.8 Å². The molecule has 7 heteroatoms. The van der Waals surface area contributed by atoms with Crippen LogP contribution in [0.25, 0.3) is 10.2 Å². The number of para-hydroxylation sites is 1. The minimum atomic E-state index is -0.686. The highest BCUT2D eigenvalue weighted by atomic mass is 32.1. The summed E-state index contributed by atoms with van der Waals surface area (Å²) in [6.45, 7) is 4.54. The fourth-order valence-electron chi connectivity index (χ4n) is 4.31. The number of rotatable bonds is 4. The van der Waals surface area contributed by atoms with E-state index in [0.717, 1.165) is 45.8 Å². The van der Waals surface area contributed by atoms with Crippen LogP contribution in [0.3, 0.4) is 0 Å². The molecule has 1 saturated heterocycles. The Labute approximate surface area is 163 Å². The highest BCUT2D eigenvalue weighted by Gasteiger charge is 2.55. The molecule has 144 valence electrons. The highest BCUT2D eigenvalue weighted by molar-refractivity contribution is 7.18. The number of urea groups is 1. The van der Waals surface area contributed by atoms with Gasteiger partial charge in [-0.15, -0.1) is 11.3 Å². The summed E-state index contributed by atoms with van der Waals surface area (Å²) in [7, 11) is 2.02. The smallest absolute Gasteiger partial charge is 0.323 e. The molecule has 4 atom stereocenters. The van der Waals surface area contributed by atoms with Gasteiger partial charge in [-0.1, -0.05) is 31.9 Å². The van der Waals surface area contributed by atoms with Gasteiger partial charge in [-0.2, -0.15) is 0 Å². The van der Waals surface area contributed by atoms with Gasteiger partial charge in [0.25, 0.3) is 5.91 Å². The minimum Gasteiger partial charge on any atom is -0.323 e. The van der Waals surface area contributed by atoms with E-state index in [4.69, 9.17) is 4.98 Å². The SMILES string of the molecule is C[C@@H]1CCCC[C@]12NC(=O)N(C[NH+](C)[C@@H](C)c1nc3ccccc3s1)C2=O. The number of hydrogen-bond acceptors (Lipinski definition) is 4. The molecule has 27 heavy (non-hydrogen) atoms. The van der Waals surface area contributed by atoms with Crippen molar-refractivity contribution in [1.29, 1.82) is 0 Å². The van der Waals surface area contributed by atoms with E-state index in [9.17, 15) is 9.59 Å². The summed E-state index contributed by atoms with van der Waals surface area (Å²) in [4.78, 5) is 33.0. The van der Waals surface area contributed by atoms with Crippen molar-refractivity contribution >= 4 is 33.5 Å². The summed E-state index contributed by atoms with van der Waals surface area (Å²) in [6.07, 6.45) is 3.87. The third-order valence-electron chi connectivity index (χ3n) is 6.33. The van der Waals surface area contributed by atoms with Crippen LogP contribution in [0.4, 0.5) is 4.79 Å². The molecule has 6 nitrogen and oxygen atoms in total. The third-order valence-corrected chi connectivity index (χ3v) is 7.55. The van der Waals surface area contributed by atoms with Crippen molar-refractivity contribution in [2.24, 2.45) is 5.92 Å². The number of thiazole rings is 1. The van der Waals surface area contributed by atoms with Gasteiger partial charge in [0, 0.05) is 0 Å². The second-order valence-corrected chi connectivity index (χ2v) is 9.09. The largest absolute Gasteiger partial charge is 0.329 e. The van der Waals surface area contributed by atoms with Crippen LogP contribution in [0.15, 0.2) is 24.3 Å². The predicted octanol–water partition coefficient (Wildman–Crippen LogP) is 2.33. The van der Waals surface area contributed by atoms with Crippen LogP contribution in [0.1, 0.15) is 50.6 Å². The lowest BCUT2D eigenvalue weighted by molar-refractivity contribution is -0.917. The molecule has 1 aliphatic carbocycles. The summed E-state index contributed by atoms with van der Waals surface area (Å²) in [5, 5.41) is 4.06. The number of carbonyl (C=O) groups excluding carboxylic acids is 2. The molecule has 0 radical (unpaired) electrons. The Morgan fingerprint density at radius 1 is 1.37 bits per heavy atom. The molecule has 1 aliphatic heterocycles. The Bertz CT molecular complexity index is 849. The zero-order valence-corrected chi connectivity index (χ0v) is 16.9. The Hall–Kier alpha value is -1.99. The molecule has 2 N–H and O–H groups in total.